The van der Waals surface area contributed by atoms with Crippen LogP contribution < -0.4 is 5.11 Å². The Bertz CT molecular complexity index is 1000. The summed E-state index contributed by atoms with van der Waals surface area (Å²) in [6.07, 6.45) is 46.4. The number of esters is 2. The third-order valence-corrected chi connectivity index (χ3v) is 11.1. The Morgan fingerprint density at radius 1 is 0.500 bits per heavy atom. The van der Waals surface area contributed by atoms with Crippen LogP contribution in [0.1, 0.15) is 226 Å². The second-order valence-electron chi connectivity index (χ2n) is 17.7. The molecule has 0 aliphatic heterocycles. The molecular weight excluding hydrogens is 727 g/mol. The summed E-state index contributed by atoms with van der Waals surface area (Å²) in [5, 5.41) is 11.6. The first-order chi connectivity index (χ1) is 28.1. The molecule has 58 heavy (non-hydrogen) atoms. The summed E-state index contributed by atoms with van der Waals surface area (Å²) in [5.41, 5.74) is 0. The van der Waals surface area contributed by atoms with Gasteiger partial charge in [-0.3, -0.25) is 9.59 Å². The minimum atomic E-state index is -1.12. The quantitative estimate of drug-likeness (QED) is 0.0261. The zero-order chi connectivity index (χ0) is 42.8. The lowest BCUT2D eigenvalue weighted by Gasteiger charge is -2.34. The highest BCUT2D eigenvalue weighted by molar-refractivity contribution is 5.70. The fourth-order valence-electron chi connectivity index (χ4n) is 7.22. The molecule has 2 unspecified atom stereocenters. The van der Waals surface area contributed by atoms with Crippen LogP contribution in [0.25, 0.3) is 0 Å². The summed E-state index contributed by atoms with van der Waals surface area (Å²) in [6, 6.07) is -0.724. The number of aliphatic carboxylic acids is 1. The molecule has 0 aliphatic carbocycles. The largest absolute Gasteiger partial charge is 0.544 e. The fourth-order valence-corrected chi connectivity index (χ4v) is 7.22. The van der Waals surface area contributed by atoms with Gasteiger partial charge >= 0.3 is 11.9 Å². The van der Waals surface area contributed by atoms with Crippen LogP contribution in [-0.2, 0) is 28.6 Å². The molecule has 0 aromatic rings. The molecule has 0 spiro atoms. The van der Waals surface area contributed by atoms with Gasteiger partial charge in [-0.25, -0.2) is 0 Å². The molecule has 0 amide bonds. The van der Waals surface area contributed by atoms with Crippen LogP contribution in [0.4, 0.5) is 0 Å². The van der Waals surface area contributed by atoms with Gasteiger partial charge in [-0.2, -0.15) is 0 Å². The highest BCUT2D eigenvalue weighted by Gasteiger charge is 2.25. The third kappa shape index (κ3) is 39.3. The Labute approximate surface area is 358 Å². The summed E-state index contributed by atoms with van der Waals surface area (Å²) in [5.74, 6) is -1.74. The predicted octanol–water partition coefficient (Wildman–Crippen LogP) is 12.3. The van der Waals surface area contributed by atoms with Crippen molar-refractivity contribution >= 4 is 17.9 Å². The van der Waals surface area contributed by atoms with E-state index >= 15 is 0 Å². The number of carbonyl (C=O) groups is 3. The molecule has 0 rings (SSSR count). The lowest BCUT2D eigenvalue weighted by Crippen LogP contribution is -2.55. The molecule has 0 N–H and O–H groups in total. The van der Waals surface area contributed by atoms with Crippen molar-refractivity contribution in [2.24, 2.45) is 0 Å². The monoisotopic (exact) mass is 820 g/mol. The number of carboxylic acids is 1. The van der Waals surface area contributed by atoms with Gasteiger partial charge in [0.25, 0.3) is 0 Å². The van der Waals surface area contributed by atoms with E-state index in [4.69, 9.17) is 14.2 Å². The Hall–Kier alpha value is -2.19. The number of rotatable bonds is 44. The molecule has 0 saturated carbocycles. The average molecular weight is 820 g/mol. The number of hydrogen-bond acceptors (Lipinski definition) is 7. The first-order valence-electron chi connectivity index (χ1n) is 24.4. The predicted molar refractivity (Wildman–Crippen MR) is 240 cm³/mol. The maximum atomic E-state index is 12.7. The van der Waals surface area contributed by atoms with Crippen molar-refractivity contribution in [3.05, 3.63) is 24.3 Å². The topological polar surface area (TPSA) is 102 Å². The maximum Gasteiger partial charge on any atom is 0.306 e. The number of nitrogens with zero attached hydrogens (tertiary/aromatic N) is 1. The van der Waals surface area contributed by atoms with Crippen LogP contribution in [-0.4, -0.2) is 75.5 Å². The highest BCUT2D eigenvalue weighted by Crippen LogP contribution is 2.15. The SMILES string of the molecule is CCCC/C=C\CCCCCCCC(=O)OCC(COCCC(C(=O)[O-])[N+](C)(C)C)OC(=O)CCCCCCCCCCCCC/C=C\CCCCCCCCCC. The Balaban J connectivity index is 4.18. The molecular formula is C50H93NO7. The van der Waals surface area contributed by atoms with Gasteiger partial charge in [0, 0.05) is 19.3 Å². The van der Waals surface area contributed by atoms with Crippen molar-refractivity contribution in [1.82, 2.24) is 0 Å². The van der Waals surface area contributed by atoms with E-state index in [0.717, 1.165) is 51.4 Å². The Kier molecular flexibility index (Phi) is 40.0. The van der Waals surface area contributed by atoms with E-state index in [1.54, 1.807) is 21.1 Å². The van der Waals surface area contributed by atoms with E-state index in [0.29, 0.717) is 12.8 Å². The Morgan fingerprint density at radius 2 is 0.879 bits per heavy atom. The van der Waals surface area contributed by atoms with Gasteiger partial charge in [-0.15, -0.1) is 0 Å². The summed E-state index contributed by atoms with van der Waals surface area (Å²) in [6.45, 7) is 4.63. The molecule has 340 valence electrons. The molecule has 0 heterocycles. The number of quaternary nitrogens is 1. The fraction of sp³-hybridized carbons (Fsp3) is 0.860. The minimum Gasteiger partial charge on any atom is -0.544 e. The molecule has 0 radical (unpaired) electrons. The van der Waals surface area contributed by atoms with Crippen LogP contribution in [0.2, 0.25) is 0 Å². The van der Waals surface area contributed by atoms with Crippen molar-refractivity contribution in [3.8, 4) is 0 Å². The summed E-state index contributed by atoms with van der Waals surface area (Å²) >= 11 is 0. The van der Waals surface area contributed by atoms with Crippen molar-refractivity contribution < 1.29 is 38.2 Å². The number of carboxylic acid groups (broad SMARTS) is 1. The Morgan fingerprint density at radius 3 is 1.29 bits per heavy atom. The molecule has 8 heteroatoms. The van der Waals surface area contributed by atoms with Crippen molar-refractivity contribution in [3.63, 3.8) is 0 Å². The van der Waals surface area contributed by atoms with Crippen molar-refractivity contribution in [1.29, 1.82) is 0 Å². The maximum absolute atomic E-state index is 12.7. The van der Waals surface area contributed by atoms with Gasteiger partial charge in [0.2, 0.25) is 0 Å². The molecule has 2 atom stereocenters. The van der Waals surface area contributed by atoms with Crippen LogP contribution in [0.3, 0.4) is 0 Å². The van der Waals surface area contributed by atoms with Crippen molar-refractivity contribution in [2.45, 2.75) is 238 Å². The second-order valence-corrected chi connectivity index (χ2v) is 17.7. The number of unbranched alkanes of at least 4 members (excludes halogenated alkanes) is 26. The van der Waals surface area contributed by atoms with Gasteiger partial charge in [0.05, 0.1) is 40.3 Å². The first kappa shape index (κ1) is 55.8. The van der Waals surface area contributed by atoms with Gasteiger partial charge in [-0.05, 0) is 57.8 Å². The molecule has 0 aromatic heterocycles. The summed E-state index contributed by atoms with van der Waals surface area (Å²) in [4.78, 5) is 36.9. The molecule has 0 aliphatic rings. The zero-order valence-electron chi connectivity index (χ0n) is 38.7. The van der Waals surface area contributed by atoms with E-state index in [1.165, 1.54) is 141 Å². The second kappa shape index (κ2) is 41.5. The van der Waals surface area contributed by atoms with E-state index in [9.17, 15) is 19.5 Å². The van der Waals surface area contributed by atoms with Crippen molar-refractivity contribution in [2.75, 3.05) is 41.0 Å². The molecule has 0 aromatic carbocycles. The number of allylic oxidation sites excluding steroid dienone is 4. The third-order valence-electron chi connectivity index (χ3n) is 11.1. The molecule has 0 saturated heterocycles. The van der Waals surface area contributed by atoms with Gasteiger partial charge in [0.15, 0.2) is 6.10 Å². The molecule has 8 nitrogen and oxygen atoms in total. The van der Waals surface area contributed by atoms with E-state index in [-0.39, 0.29) is 42.7 Å². The summed E-state index contributed by atoms with van der Waals surface area (Å²) in [7, 11) is 5.41. The van der Waals surface area contributed by atoms with Crippen LogP contribution in [0.15, 0.2) is 24.3 Å². The smallest absolute Gasteiger partial charge is 0.306 e. The highest BCUT2D eigenvalue weighted by atomic mass is 16.6. The summed E-state index contributed by atoms with van der Waals surface area (Å²) < 4.78 is 17.2. The first-order valence-corrected chi connectivity index (χ1v) is 24.4. The van der Waals surface area contributed by atoms with E-state index in [2.05, 4.69) is 38.2 Å². The lowest BCUT2D eigenvalue weighted by atomic mass is 10.0. The lowest BCUT2D eigenvalue weighted by molar-refractivity contribution is -0.889. The van der Waals surface area contributed by atoms with E-state index in [1.807, 2.05) is 0 Å². The van der Waals surface area contributed by atoms with E-state index < -0.39 is 18.1 Å². The normalized spacial score (nSPS) is 13.1. The number of likely N-dealkylation sites (N-methyl/N-ethyl adjacent to an activating group) is 1. The zero-order valence-corrected chi connectivity index (χ0v) is 38.7. The average Bonchev–Trinajstić information content (AvgIpc) is 3.18. The molecule has 0 bridgehead atoms. The number of hydrogen-bond donors (Lipinski definition) is 0. The standard InChI is InChI=1S/C50H93NO7/c1-6-8-10-12-14-16-18-19-20-21-22-23-24-25-26-27-28-29-31-33-35-37-39-41-49(53)58-46(44-56-43-42-47(50(54)55)51(3,4)5)45-57-48(52)40-38-36-34-32-30-17-15-13-11-9-7-2/h13,15,21-22,46-47H,6-12,14,16-20,23-45H2,1-5H3/b15-13-,22-21-. The minimum absolute atomic E-state index is 0.0409. The number of carbonyl (C=O) groups excluding carboxylic acids is 3. The van der Waals surface area contributed by atoms with Gasteiger partial charge in [-0.1, -0.05) is 173 Å². The van der Waals surface area contributed by atoms with Crippen LogP contribution in [0.5, 0.6) is 0 Å². The van der Waals surface area contributed by atoms with Crippen LogP contribution >= 0.6 is 0 Å². The number of ether oxygens (including phenoxy) is 3. The van der Waals surface area contributed by atoms with Gasteiger partial charge in [0.1, 0.15) is 12.6 Å². The molecule has 0 fully saturated rings. The van der Waals surface area contributed by atoms with Gasteiger partial charge < -0.3 is 28.6 Å². The van der Waals surface area contributed by atoms with Crippen LogP contribution in [0, 0.1) is 0 Å².